The highest BCUT2D eigenvalue weighted by atomic mass is 16.1. The Hall–Kier alpha value is -1.25. The third-order valence-corrected chi connectivity index (χ3v) is 3.04. The molecule has 0 N–H and O–H groups in total. The molecule has 3 heteroatoms. The zero-order chi connectivity index (χ0) is 10.5. The van der Waals surface area contributed by atoms with E-state index in [0.717, 1.165) is 12.1 Å². The van der Waals surface area contributed by atoms with E-state index in [1.165, 1.54) is 38.5 Å². The molecule has 1 aromatic heterocycles. The van der Waals surface area contributed by atoms with Gasteiger partial charge in [-0.3, -0.25) is 4.79 Å². The molecule has 1 aliphatic carbocycles. The summed E-state index contributed by atoms with van der Waals surface area (Å²) < 4.78 is 0. The summed E-state index contributed by atoms with van der Waals surface area (Å²) in [5.74, 6) is 1.33. The summed E-state index contributed by atoms with van der Waals surface area (Å²) in [6, 6.07) is 1.66. The Balaban J connectivity index is 2.15. The smallest absolute Gasteiger partial charge is 0.168 e. The van der Waals surface area contributed by atoms with Crippen LogP contribution in [-0.2, 0) is 0 Å². The second kappa shape index (κ2) is 5.01. The van der Waals surface area contributed by atoms with E-state index in [1.807, 2.05) is 0 Å². The van der Waals surface area contributed by atoms with Crippen molar-refractivity contribution in [3.05, 3.63) is 23.8 Å². The Morgan fingerprint density at radius 1 is 1.20 bits per heavy atom. The molecular weight excluding hydrogens is 188 g/mol. The lowest BCUT2D eigenvalue weighted by atomic mass is 9.99. The van der Waals surface area contributed by atoms with Gasteiger partial charge in [-0.15, -0.1) is 0 Å². The minimum absolute atomic E-state index is 0.465. The topological polar surface area (TPSA) is 42.9 Å². The molecule has 1 fully saturated rings. The van der Waals surface area contributed by atoms with Crippen molar-refractivity contribution >= 4 is 6.29 Å². The maximum absolute atomic E-state index is 10.6. The highest BCUT2D eigenvalue weighted by Crippen LogP contribution is 2.29. The largest absolute Gasteiger partial charge is 0.296 e. The fraction of sp³-hybridized carbons (Fsp3) is 0.583. The van der Waals surface area contributed by atoms with Gasteiger partial charge in [-0.25, -0.2) is 9.97 Å². The molecule has 1 aromatic rings. The fourth-order valence-corrected chi connectivity index (χ4v) is 2.19. The van der Waals surface area contributed by atoms with E-state index >= 15 is 0 Å². The first-order valence-corrected chi connectivity index (χ1v) is 5.68. The summed E-state index contributed by atoms with van der Waals surface area (Å²) in [7, 11) is 0. The number of carbonyl (C=O) groups is 1. The number of carbonyl (C=O) groups excluding carboxylic acids is 1. The Morgan fingerprint density at radius 2 is 1.93 bits per heavy atom. The van der Waals surface area contributed by atoms with Crippen molar-refractivity contribution in [3.8, 4) is 0 Å². The van der Waals surface area contributed by atoms with Gasteiger partial charge in [0.15, 0.2) is 6.29 Å². The van der Waals surface area contributed by atoms with E-state index in [9.17, 15) is 4.79 Å². The lowest BCUT2D eigenvalue weighted by Crippen LogP contribution is -2.05. The van der Waals surface area contributed by atoms with Gasteiger partial charge in [0.1, 0.15) is 11.5 Å². The standard InChI is InChI=1S/C12H16N2O/c15-9-11-7-8-13-12(14-11)10-5-3-1-2-4-6-10/h7-10H,1-6H2. The Morgan fingerprint density at radius 3 is 2.60 bits per heavy atom. The number of aldehydes is 1. The third-order valence-electron chi connectivity index (χ3n) is 3.04. The van der Waals surface area contributed by atoms with Crippen molar-refractivity contribution < 1.29 is 4.79 Å². The van der Waals surface area contributed by atoms with E-state index in [2.05, 4.69) is 9.97 Å². The molecule has 2 rings (SSSR count). The van der Waals surface area contributed by atoms with Crippen molar-refractivity contribution in [2.24, 2.45) is 0 Å². The van der Waals surface area contributed by atoms with Crippen molar-refractivity contribution in [2.75, 3.05) is 0 Å². The van der Waals surface area contributed by atoms with Crippen LogP contribution in [0.3, 0.4) is 0 Å². The van der Waals surface area contributed by atoms with Crippen LogP contribution in [0.2, 0.25) is 0 Å². The summed E-state index contributed by atoms with van der Waals surface area (Å²) in [6.07, 6.45) is 10.00. The summed E-state index contributed by atoms with van der Waals surface area (Å²) in [5, 5.41) is 0. The van der Waals surface area contributed by atoms with E-state index < -0.39 is 0 Å². The van der Waals surface area contributed by atoms with Crippen LogP contribution in [0.15, 0.2) is 12.3 Å². The van der Waals surface area contributed by atoms with E-state index in [4.69, 9.17) is 0 Å². The zero-order valence-electron chi connectivity index (χ0n) is 8.85. The second-order valence-corrected chi connectivity index (χ2v) is 4.15. The van der Waals surface area contributed by atoms with Crippen LogP contribution in [0, 0.1) is 0 Å². The average molecular weight is 204 g/mol. The van der Waals surface area contributed by atoms with Crippen LogP contribution in [-0.4, -0.2) is 16.3 Å². The fourth-order valence-electron chi connectivity index (χ4n) is 2.19. The highest BCUT2D eigenvalue weighted by molar-refractivity contribution is 5.71. The summed E-state index contributed by atoms with van der Waals surface area (Å²) in [5.41, 5.74) is 0.504. The molecule has 0 aromatic carbocycles. The van der Waals surface area contributed by atoms with Gasteiger partial charge in [-0.2, -0.15) is 0 Å². The van der Waals surface area contributed by atoms with Gasteiger partial charge >= 0.3 is 0 Å². The maximum atomic E-state index is 10.6. The molecule has 0 spiro atoms. The van der Waals surface area contributed by atoms with Gasteiger partial charge in [0.25, 0.3) is 0 Å². The molecule has 15 heavy (non-hydrogen) atoms. The molecule has 1 saturated carbocycles. The zero-order valence-corrected chi connectivity index (χ0v) is 8.85. The van der Waals surface area contributed by atoms with E-state index in [0.29, 0.717) is 11.6 Å². The summed E-state index contributed by atoms with van der Waals surface area (Å²) in [6.45, 7) is 0. The average Bonchev–Trinajstić information content (AvgIpc) is 2.58. The van der Waals surface area contributed by atoms with E-state index in [-0.39, 0.29) is 0 Å². The van der Waals surface area contributed by atoms with Crippen molar-refractivity contribution in [1.82, 2.24) is 9.97 Å². The number of aromatic nitrogens is 2. The Bertz CT molecular complexity index is 330. The molecule has 0 saturated heterocycles. The quantitative estimate of drug-likeness (QED) is 0.549. The van der Waals surface area contributed by atoms with Crippen LogP contribution < -0.4 is 0 Å². The van der Waals surface area contributed by atoms with Crippen LogP contribution in [0.4, 0.5) is 0 Å². The number of rotatable bonds is 2. The van der Waals surface area contributed by atoms with Crippen molar-refractivity contribution in [1.29, 1.82) is 0 Å². The molecule has 0 bridgehead atoms. The predicted octanol–water partition coefficient (Wildman–Crippen LogP) is 2.73. The highest BCUT2D eigenvalue weighted by Gasteiger charge is 2.16. The van der Waals surface area contributed by atoms with Gasteiger partial charge in [0, 0.05) is 12.1 Å². The normalized spacial score (nSPS) is 18.4. The van der Waals surface area contributed by atoms with Gasteiger partial charge in [0.05, 0.1) is 0 Å². The maximum Gasteiger partial charge on any atom is 0.168 e. The lowest BCUT2D eigenvalue weighted by molar-refractivity contribution is 0.111. The van der Waals surface area contributed by atoms with Crippen LogP contribution in [0.25, 0.3) is 0 Å². The molecule has 0 radical (unpaired) electrons. The summed E-state index contributed by atoms with van der Waals surface area (Å²) in [4.78, 5) is 19.2. The Labute approximate surface area is 89.9 Å². The number of nitrogens with zero attached hydrogens (tertiary/aromatic N) is 2. The monoisotopic (exact) mass is 204 g/mol. The lowest BCUT2D eigenvalue weighted by Gasteiger charge is -2.11. The first-order valence-electron chi connectivity index (χ1n) is 5.68. The molecular formula is C12H16N2O. The van der Waals surface area contributed by atoms with Crippen molar-refractivity contribution in [2.45, 2.75) is 44.4 Å². The van der Waals surface area contributed by atoms with Crippen LogP contribution in [0.5, 0.6) is 0 Å². The van der Waals surface area contributed by atoms with Gasteiger partial charge < -0.3 is 0 Å². The molecule has 80 valence electrons. The number of hydrogen-bond acceptors (Lipinski definition) is 3. The molecule has 0 aliphatic heterocycles. The summed E-state index contributed by atoms with van der Waals surface area (Å²) >= 11 is 0. The minimum atomic E-state index is 0.465. The van der Waals surface area contributed by atoms with Crippen LogP contribution >= 0.6 is 0 Å². The van der Waals surface area contributed by atoms with Crippen LogP contribution in [0.1, 0.15) is 60.8 Å². The van der Waals surface area contributed by atoms with Gasteiger partial charge in [-0.05, 0) is 18.9 Å². The SMILES string of the molecule is O=Cc1ccnc(C2CCCCCC2)n1. The molecule has 3 nitrogen and oxygen atoms in total. The molecule has 0 amide bonds. The first kappa shape index (κ1) is 10.3. The second-order valence-electron chi connectivity index (χ2n) is 4.15. The third kappa shape index (κ3) is 2.61. The first-order chi connectivity index (χ1) is 7.40. The van der Waals surface area contributed by atoms with E-state index in [1.54, 1.807) is 12.3 Å². The Kier molecular flexibility index (Phi) is 3.43. The molecule has 0 atom stereocenters. The molecule has 1 aliphatic rings. The number of hydrogen-bond donors (Lipinski definition) is 0. The molecule has 0 unspecified atom stereocenters. The van der Waals surface area contributed by atoms with Gasteiger partial charge in [-0.1, -0.05) is 25.7 Å². The van der Waals surface area contributed by atoms with Gasteiger partial charge in [0.2, 0.25) is 0 Å². The minimum Gasteiger partial charge on any atom is -0.296 e. The predicted molar refractivity (Wildman–Crippen MR) is 57.9 cm³/mol. The molecule has 1 heterocycles. The van der Waals surface area contributed by atoms with Crippen molar-refractivity contribution in [3.63, 3.8) is 0 Å².